The Balaban J connectivity index is 2.69. The minimum atomic E-state index is 0.613. The van der Waals surface area contributed by atoms with Gasteiger partial charge in [-0.1, -0.05) is 15.9 Å². The molecule has 0 spiro atoms. The van der Waals surface area contributed by atoms with Crippen molar-refractivity contribution < 1.29 is 0 Å². The Kier molecular flexibility index (Phi) is 3.60. The van der Waals surface area contributed by atoms with E-state index in [1.807, 2.05) is 24.3 Å². The van der Waals surface area contributed by atoms with E-state index in [1.54, 1.807) is 11.8 Å². The lowest BCUT2D eigenvalue weighted by Gasteiger charge is -1.95. The highest BCUT2D eigenvalue weighted by Gasteiger charge is 1.90. The van der Waals surface area contributed by atoms with Gasteiger partial charge in [0.1, 0.15) is 0 Å². The number of rotatable bonds is 2. The molecule has 10 heavy (non-hydrogen) atoms. The third-order valence-electron chi connectivity index (χ3n) is 1.03. The number of hydrogen-bond donors (Lipinski definition) is 0. The van der Waals surface area contributed by atoms with E-state index in [0.717, 1.165) is 4.47 Å². The van der Waals surface area contributed by atoms with Crippen molar-refractivity contribution in [3.63, 3.8) is 0 Å². The monoisotopic (exact) mass is 236 g/mol. The third kappa shape index (κ3) is 2.52. The molecule has 1 rings (SSSR count). The maximum Gasteiger partial charge on any atom is 0.0727 e. The smallest absolute Gasteiger partial charge is 0.0727 e. The standard InChI is InChI=1S/C7H6BrClS/c8-6-1-3-7(4-2-6)10-5-9/h1-4H,5H2. The van der Waals surface area contributed by atoms with Gasteiger partial charge in [0.25, 0.3) is 0 Å². The average molecular weight is 238 g/mol. The second-order valence-corrected chi connectivity index (χ2v) is 4.26. The lowest BCUT2D eigenvalue weighted by Crippen LogP contribution is -1.69. The van der Waals surface area contributed by atoms with Crippen molar-refractivity contribution in [2.24, 2.45) is 0 Å². The number of benzene rings is 1. The summed E-state index contributed by atoms with van der Waals surface area (Å²) in [7, 11) is 0. The lowest BCUT2D eigenvalue weighted by molar-refractivity contribution is 1.45. The van der Waals surface area contributed by atoms with Crippen LogP contribution in [0.1, 0.15) is 0 Å². The van der Waals surface area contributed by atoms with E-state index in [4.69, 9.17) is 11.6 Å². The Morgan fingerprint density at radius 3 is 2.40 bits per heavy atom. The summed E-state index contributed by atoms with van der Waals surface area (Å²) >= 11 is 10.5. The van der Waals surface area contributed by atoms with E-state index in [9.17, 15) is 0 Å². The normalized spacial score (nSPS) is 9.80. The van der Waals surface area contributed by atoms with Crippen LogP contribution in [-0.2, 0) is 0 Å². The molecule has 54 valence electrons. The van der Waals surface area contributed by atoms with Gasteiger partial charge in [-0.3, -0.25) is 0 Å². The third-order valence-corrected chi connectivity index (χ3v) is 2.61. The molecule has 1 aromatic rings. The Morgan fingerprint density at radius 2 is 1.90 bits per heavy atom. The van der Waals surface area contributed by atoms with E-state index in [2.05, 4.69) is 15.9 Å². The first-order valence-corrected chi connectivity index (χ1v) is 5.08. The van der Waals surface area contributed by atoms with Crippen molar-refractivity contribution >= 4 is 39.3 Å². The van der Waals surface area contributed by atoms with Crippen molar-refractivity contribution in [3.05, 3.63) is 28.7 Å². The van der Waals surface area contributed by atoms with E-state index >= 15 is 0 Å². The van der Waals surface area contributed by atoms with Gasteiger partial charge in [0.05, 0.1) is 5.21 Å². The maximum absolute atomic E-state index is 5.53. The fraction of sp³-hybridized carbons (Fsp3) is 0.143. The topological polar surface area (TPSA) is 0 Å². The van der Waals surface area contributed by atoms with Gasteiger partial charge in [-0.25, -0.2) is 0 Å². The highest BCUT2D eigenvalue weighted by atomic mass is 79.9. The molecule has 0 nitrogen and oxygen atoms in total. The molecule has 0 radical (unpaired) electrons. The summed E-state index contributed by atoms with van der Waals surface area (Å²) in [5, 5.41) is 0.613. The highest BCUT2D eigenvalue weighted by Crippen LogP contribution is 2.20. The van der Waals surface area contributed by atoms with Gasteiger partial charge in [-0.2, -0.15) is 0 Å². The molecule has 0 saturated heterocycles. The molecule has 0 aliphatic heterocycles. The van der Waals surface area contributed by atoms with Crippen molar-refractivity contribution in [2.45, 2.75) is 4.90 Å². The maximum atomic E-state index is 5.53. The Labute approximate surface area is 78.1 Å². The van der Waals surface area contributed by atoms with Gasteiger partial charge < -0.3 is 0 Å². The first kappa shape index (κ1) is 8.44. The van der Waals surface area contributed by atoms with Crippen molar-refractivity contribution in [1.82, 2.24) is 0 Å². The van der Waals surface area contributed by atoms with E-state index in [0.29, 0.717) is 5.21 Å². The van der Waals surface area contributed by atoms with Crippen LogP contribution >= 0.6 is 39.3 Å². The number of hydrogen-bond acceptors (Lipinski definition) is 1. The fourth-order valence-electron chi connectivity index (χ4n) is 0.594. The first-order valence-electron chi connectivity index (χ1n) is 2.77. The van der Waals surface area contributed by atoms with Gasteiger partial charge in [-0.05, 0) is 24.3 Å². The molecule has 0 heterocycles. The molecule has 0 unspecified atom stereocenters. The summed E-state index contributed by atoms with van der Waals surface area (Å²) in [6, 6.07) is 8.10. The number of alkyl halides is 1. The SMILES string of the molecule is ClCSc1ccc(Br)cc1. The number of halogens is 2. The molecule has 0 N–H and O–H groups in total. The van der Waals surface area contributed by atoms with Crippen LogP contribution in [-0.4, -0.2) is 5.21 Å². The minimum absolute atomic E-state index is 0.613. The molecular formula is C7H6BrClS. The van der Waals surface area contributed by atoms with Crippen LogP contribution in [0, 0.1) is 0 Å². The van der Waals surface area contributed by atoms with Crippen LogP contribution in [0.3, 0.4) is 0 Å². The molecule has 0 aromatic heterocycles. The van der Waals surface area contributed by atoms with Crippen LogP contribution in [0.15, 0.2) is 33.6 Å². The zero-order valence-corrected chi connectivity index (χ0v) is 8.34. The molecule has 0 amide bonds. The summed E-state index contributed by atoms with van der Waals surface area (Å²) in [4.78, 5) is 1.21. The highest BCUT2D eigenvalue weighted by molar-refractivity contribution is 9.10. The second kappa shape index (κ2) is 4.27. The lowest BCUT2D eigenvalue weighted by atomic mass is 10.4. The quantitative estimate of drug-likeness (QED) is 0.558. The molecule has 1 aromatic carbocycles. The average Bonchev–Trinajstić information content (AvgIpc) is 1.95. The predicted molar refractivity (Wildman–Crippen MR) is 50.7 cm³/mol. The Hall–Kier alpha value is 0.340. The summed E-state index contributed by atoms with van der Waals surface area (Å²) in [5.41, 5.74) is 0. The summed E-state index contributed by atoms with van der Waals surface area (Å²) in [6.45, 7) is 0. The molecule has 0 saturated carbocycles. The van der Waals surface area contributed by atoms with Crippen molar-refractivity contribution in [1.29, 1.82) is 0 Å². The molecule has 0 aliphatic carbocycles. The van der Waals surface area contributed by atoms with Crippen LogP contribution in [0.4, 0.5) is 0 Å². The largest absolute Gasteiger partial charge is 0.114 e. The van der Waals surface area contributed by atoms with E-state index in [1.165, 1.54) is 4.90 Å². The summed E-state index contributed by atoms with van der Waals surface area (Å²) in [6.07, 6.45) is 0. The number of thioether (sulfide) groups is 1. The molecule has 0 fully saturated rings. The fourth-order valence-corrected chi connectivity index (χ4v) is 1.69. The molecule has 0 atom stereocenters. The first-order chi connectivity index (χ1) is 4.83. The summed E-state index contributed by atoms with van der Waals surface area (Å²) < 4.78 is 1.10. The van der Waals surface area contributed by atoms with Gasteiger partial charge in [-0.15, -0.1) is 23.4 Å². The van der Waals surface area contributed by atoms with Crippen molar-refractivity contribution in [2.75, 3.05) is 5.21 Å². The molecular weight excluding hydrogens is 232 g/mol. The van der Waals surface area contributed by atoms with Gasteiger partial charge >= 0.3 is 0 Å². The Morgan fingerprint density at radius 1 is 1.30 bits per heavy atom. The summed E-state index contributed by atoms with van der Waals surface area (Å²) in [5.74, 6) is 0. The van der Waals surface area contributed by atoms with Crippen LogP contribution in [0.5, 0.6) is 0 Å². The van der Waals surface area contributed by atoms with E-state index in [-0.39, 0.29) is 0 Å². The predicted octanol–water partition coefficient (Wildman–Crippen LogP) is 3.74. The van der Waals surface area contributed by atoms with Gasteiger partial charge in [0, 0.05) is 9.37 Å². The second-order valence-electron chi connectivity index (χ2n) is 1.71. The zero-order valence-electron chi connectivity index (χ0n) is 5.18. The van der Waals surface area contributed by atoms with E-state index < -0.39 is 0 Å². The van der Waals surface area contributed by atoms with Crippen LogP contribution in [0.25, 0.3) is 0 Å². The van der Waals surface area contributed by atoms with Gasteiger partial charge in [0.2, 0.25) is 0 Å². The minimum Gasteiger partial charge on any atom is -0.114 e. The van der Waals surface area contributed by atoms with Gasteiger partial charge in [0.15, 0.2) is 0 Å². The van der Waals surface area contributed by atoms with Crippen molar-refractivity contribution in [3.8, 4) is 0 Å². The molecule has 0 aliphatic rings. The van der Waals surface area contributed by atoms with Crippen LogP contribution in [0.2, 0.25) is 0 Å². The van der Waals surface area contributed by atoms with Crippen LogP contribution < -0.4 is 0 Å². The molecule has 0 bridgehead atoms. The Bertz CT molecular complexity index is 197. The molecule has 3 heteroatoms. The zero-order chi connectivity index (χ0) is 7.40.